The van der Waals surface area contributed by atoms with E-state index in [1.54, 1.807) is 12.1 Å². The molecule has 0 saturated heterocycles. The smallest absolute Gasteiger partial charge is 0.123 e. The number of hydrogen-bond donors (Lipinski definition) is 0. The van der Waals surface area contributed by atoms with Crippen molar-refractivity contribution in [2.75, 3.05) is 12.5 Å². The van der Waals surface area contributed by atoms with E-state index in [1.165, 1.54) is 17.5 Å². The minimum absolute atomic E-state index is 0.0791. The van der Waals surface area contributed by atoms with Crippen molar-refractivity contribution in [3.8, 4) is 0 Å². The van der Waals surface area contributed by atoms with Crippen LogP contribution < -0.4 is 0 Å². The number of aryl methyl sites for hydroxylation is 1. The molecule has 2 rings (SSSR count). The lowest BCUT2D eigenvalue weighted by molar-refractivity contribution is 0.602. The van der Waals surface area contributed by atoms with Crippen molar-refractivity contribution in [2.24, 2.45) is 0 Å². The Kier molecular flexibility index (Phi) is 3.31. The summed E-state index contributed by atoms with van der Waals surface area (Å²) in [6.07, 6.45) is 7.69. The SMILES string of the molecule is CSC1(SC)CCCc2ccc(F)cc21. The van der Waals surface area contributed by atoms with Crippen molar-refractivity contribution < 1.29 is 4.39 Å². The zero-order chi connectivity index (χ0) is 10.9. The molecule has 1 aliphatic rings. The summed E-state index contributed by atoms with van der Waals surface area (Å²) in [6.45, 7) is 0. The molecular formula is C12H15FS2. The van der Waals surface area contributed by atoms with Gasteiger partial charge in [-0.3, -0.25) is 0 Å². The molecule has 0 saturated carbocycles. The summed E-state index contributed by atoms with van der Waals surface area (Å²) >= 11 is 3.68. The van der Waals surface area contributed by atoms with Gasteiger partial charge in [0, 0.05) is 0 Å². The molecule has 1 aliphatic carbocycles. The first-order chi connectivity index (χ1) is 7.22. The fourth-order valence-electron chi connectivity index (χ4n) is 2.27. The van der Waals surface area contributed by atoms with E-state index in [-0.39, 0.29) is 9.90 Å². The molecule has 0 spiro atoms. The first-order valence-corrected chi connectivity index (χ1v) is 7.56. The number of fused-ring (bicyclic) bond motifs is 1. The van der Waals surface area contributed by atoms with Crippen LogP contribution in [0.5, 0.6) is 0 Å². The van der Waals surface area contributed by atoms with Crippen LogP contribution in [0.4, 0.5) is 4.39 Å². The second-order valence-corrected chi connectivity index (χ2v) is 6.28. The normalized spacial score (nSPS) is 18.6. The van der Waals surface area contributed by atoms with E-state index < -0.39 is 0 Å². The summed E-state index contributed by atoms with van der Waals surface area (Å²) in [5.41, 5.74) is 2.53. The highest BCUT2D eigenvalue weighted by molar-refractivity contribution is 8.16. The van der Waals surface area contributed by atoms with E-state index in [2.05, 4.69) is 12.5 Å². The Morgan fingerprint density at radius 2 is 2.00 bits per heavy atom. The summed E-state index contributed by atoms with van der Waals surface area (Å²) in [5, 5.41) is 0. The van der Waals surface area contributed by atoms with Gasteiger partial charge in [-0.15, -0.1) is 23.5 Å². The lowest BCUT2D eigenvalue weighted by Gasteiger charge is -2.36. The Bertz CT molecular complexity index is 359. The van der Waals surface area contributed by atoms with E-state index in [0.717, 1.165) is 12.8 Å². The van der Waals surface area contributed by atoms with Crippen molar-refractivity contribution in [3.63, 3.8) is 0 Å². The molecule has 3 heteroatoms. The van der Waals surface area contributed by atoms with Gasteiger partial charge >= 0.3 is 0 Å². The van der Waals surface area contributed by atoms with Crippen LogP contribution >= 0.6 is 23.5 Å². The third-order valence-electron chi connectivity index (χ3n) is 3.09. The van der Waals surface area contributed by atoms with Crippen molar-refractivity contribution in [1.29, 1.82) is 0 Å². The molecule has 1 aromatic carbocycles. The minimum atomic E-state index is -0.108. The van der Waals surface area contributed by atoms with Gasteiger partial charge in [0.25, 0.3) is 0 Å². The molecule has 15 heavy (non-hydrogen) atoms. The van der Waals surface area contributed by atoms with E-state index in [4.69, 9.17) is 0 Å². The Balaban J connectivity index is 2.53. The van der Waals surface area contributed by atoms with Crippen LogP contribution in [-0.2, 0) is 10.5 Å². The molecule has 0 bridgehead atoms. The number of benzene rings is 1. The van der Waals surface area contributed by atoms with Crippen LogP contribution in [0.1, 0.15) is 24.0 Å². The van der Waals surface area contributed by atoms with Crippen LogP contribution in [-0.4, -0.2) is 12.5 Å². The molecule has 0 atom stereocenters. The van der Waals surface area contributed by atoms with Gasteiger partial charge < -0.3 is 0 Å². The molecule has 0 N–H and O–H groups in total. The van der Waals surface area contributed by atoms with Crippen molar-refractivity contribution in [1.82, 2.24) is 0 Å². The monoisotopic (exact) mass is 242 g/mol. The van der Waals surface area contributed by atoms with Gasteiger partial charge in [-0.05, 0) is 55.0 Å². The molecular weight excluding hydrogens is 227 g/mol. The van der Waals surface area contributed by atoms with Gasteiger partial charge in [0.15, 0.2) is 0 Å². The molecule has 0 unspecified atom stereocenters. The van der Waals surface area contributed by atoms with Gasteiger partial charge in [-0.25, -0.2) is 4.39 Å². The van der Waals surface area contributed by atoms with Gasteiger partial charge in [0.1, 0.15) is 5.82 Å². The minimum Gasteiger partial charge on any atom is -0.207 e. The highest BCUT2D eigenvalue weighted by atomic mass is 32.2. The van der Waals surface area contributed by atoms with Crippen molar-refractivity contribution in [2.45, 2.75) is 23.3 Å². The quantitative estimate of drug-likeness (QED) is 0.718. The molecule has 0 heterocycles. The topological polar surface area (TPSA) is 0 Å². The highest BCUT2D eigenvalue weighted by Gasteiger charge is 2.35. The zero-order valence-electron chi connectivity index (χ0n) is 9.05. The first kappa shape index (κ1) is 11.3. The van der Waals surface area contributed by atoms with E-state index >= 15 is 0 Å². The lowest BCUT2D eigenvalue weighted by Crippen LogP contribution is -2.23. The summed E-state index contributed by atoms with van der Waals surface area (Å²) in [4.78, 5) is 0. The Hall–Kier alpha value is -0.150. The Morgan fingerprint density at radius 3 is 2.67 bits per heavy atom. The molecule has 0 radical (unpaired) electrons. The van der Waals surface area contributed by atoms with Gasteiger partial charge in [0.2, 0.25) is 0 Å². The second kappa shape index (κ2) is 4.38. The third-order valence-corrected chi connectivity index (χ3v) is 6.26. The fourth-order valence-corrected chi connectivity index (χ4v) is 4.46. The first-order valence-electron chi connectivity index (χ1n) is 5.11. The highest BCUT2D eigenvalue weighted by Crippen LogP contribution is 2.51. The van der Waals surface area contributed by atoms with Gasteiger partial charge in [-0.2, -0.15) is 0 Å². The predicted molar refractivity (Wildman–Crippen MR) is 68.0 cm³/mol. The van der Waals surface area contributed by atoms with E-state index in [9.17, 15) is 4.39 Å². The van der Waals surface area contributed by atoms with Crippen LogP contribution in [0, 0.1) is 5.82 Å². The number of halogens is 1. The maximum absolute atomic E-state index is 13.3. The van der Waals surface area contributed by atoms with Crippen LogP contribution in [0.15, 0.2) is 18.2 Å². The average molecular weight is 242 g/mol. The Labute approximate surface area is 99.0 Å². The summed E-state index contributed by atoms with van der Waals surface area (Å²) in [7, 11) is 0. The van der Waals surface area contributed by atoms with Gasteiger partial charge in [0.05, 0.1) is 4.08 Å². The van der Waals surface area contributed by atoms with Crippen molar-refractivity contribution >= 4 is 23.5 Å². The van der Waals surface area contributed by atoms with E-state index in [0.29, 0.717) is 0 Å². The molecule has 0 fully saturated rings. The van der Waals surface area contributed by atoms with Gasteiger partial charge in [-0.1, -0.05) is 6.07 Å². The number of rotatable bonds is 2. The van der Waals surface area contributed by atoms with Crippen LogP contribution in [0.25, 0.3) is 0 Å². The molecule has 0 aromatic heterocycles. The lowest BCUT2D eigenvalue weighted by atomic mass is 9.91. The third kappa shape index (κ3) is 1.92. The molecule has 0 amide bonds. The van der Waals surface area contributed by atoms with E-state index in [1.807, 2.05) is 29.6 Å². The zero-order valence-corrected chi connectivity index (χ0v) is 10.7. The van der Waals surface area contributed by atoms with Crippen LogP contribution in [0.3, 0.4) is 0 Å². The Morgan fingerprint density at radius 1 is 1.27 bits per heavy atom. The summed E-state index contributed by atoms with van der Waals surface area (Å²) in [6, 6.07) is 5.25. The standard InChI is InChI=1S/C12H15FS2/c1-14-12(15-2)7-3-4-9-5-6-10(13)8-11(9)12/h5-6,8H,3-4,7H2,1-2H3. The summed E-state index contributed by atoms with van der Waals surface area (Å²) in [5.74, 6) is -0.108. The predicted octanol–water partition coefficient (Wildman–Crippen LogP) is 4.04. The number of thioether (sulfide) groups is 2. The molecule has 1 aromatic rings. The average Bonchev–Trinajstić information content (AvgIpc) is 2.28. The van der Waals surface area contributed by atoms with Crippen molar-refractivity contribution in [3.05, 3.63) is 35.1 Å². The fraction of sp³-hybridized carbons (Fsp3) is 0.500. The molecule has 0 aliphatic heterocycles. The molecule has 0 nitrogen and oxygen atoms in total. The summed E-state index contributed by atoms with van der Waals surface area (Å²) < 4.78 is 13.4. The maximum Gasteiger partial charge on any atom is 0.123 e. The largest absolute Gasteiger partial charge is 0.207 e. The number of hydrogen-bond acceptors (Lipinski definition) is 2. The maximum atomic E-state index is 13.3. The second-order valence-electron chi connectivity index (χ2n) is 3.82. The van der Waals surface area contributed by atoms with Crippen LogP contribution in [0.2, 0.25) is 0 Å². The molecule has 82 valence electrons.